The van der Waals surface area contributed by atoms with E-state index in [9.17, 15) is 9.59 Å². The van der Waals surface area contributed by atoms with Crippen LogP contribution < -0.4 is 5.32 Å². The van der Waals surface area contributed by atoms with Crippen LogP contribution in [0.3, 0.4) is 0 Å². The molecule has 1 aliphatic rings. The summed E-state index contributed by atoms with van der Waals surface area (Å²) in [6.07, 6.45) is 0.107. The SMILES string of the molecule is COC1CCN(C(=O)NCC(O)C(=O)O)C(C)C1. The molecule has 1 saturated heterocycles. The number of likely N-dealkylation sites (tertiary alicyclic amines) is 1. The number of aliphatic hydroxyl groups excluding tert-OH is 1. The second kappa shape index (κ2) is 6.55. The number of carbonyl (C=O) groups excluding carboxylic acids is 1. The van der Waals surface area contributed by atoms with Crippen LogP contribution in [0.4, 0.5) is 4.79 Å². The van der Waals surface area contributed by atoms with E-state index in [0.29, 0.717) is 6.54 Å². The summed E-state index contributed by atoms with van der Waals surface area (Å²) in [4.78, 5) is 23.8. The van der Waals surface area contributed by atoms with E-state index < -0.39 is 12.1 Å². The molecule has 0 spiro atoms. The number of nitrogens with one attached hydrogen (secondary N) is 1. The lowest BCUT2D eigenvalue weighted by atomic mass is 10.0. The van der Waals surface area contributed by atoms with Crippen LogP contribution in [0.15, 0.2) is 0 Å². The van der Waals surface area contributed by atoms with Gasteiger partial charge in [0.15, 0.2) is 6.10 Å². The lowest BCUT2D eigenvalue weighted by Gasteiger charge is -2.37. The number of carboxylic acid groups (broad SMARTS) is 1. The first-order valence-electron chi connectivity index (χ1n) is 5.93. The van der Waals surface area contributed by atoms with Crippen molar-refractivity contribution >= 4 is 12.0 Å². The van der Waals surface area contributed by atoms with E-state index in [-0.39, 0.29) is 24.7 Å². The van der Waals surface area contributed by atoms with Crippen molar-refractivity contribution in [1.29, 1.82) is 0 Å². The Balaban J connectivity index is 2.40. The van der Waals surface area contributed by atoms with E-state index in [0.717, 1.165) is 12.8 Å². The summed E-state index contributed by atoms with van der Waals surface area (Å²) in [6, 6.07) is -0.317. The van der Waals surface area contributed by atoms with Crippen LogP contribution in [-0.4, -0.2) is 65.6 Å². The fourth-order valence-electron chi connectivity index (χ4n) is 2.02. The summed E-state index contributed by atoms with van der Waals surface area (Å²) in [5, 5.41) is 20.0. The van der Waals surface area contributed by atoms with E-state index in [1.54, 1.807) is 12.0 Å². The molecule has 0 aromatic rings. The second-order valence-electron chi connectivity index (χ2n) is 4.46. The predicted octanol–water partition coefficient (Wildman–Crippen LogP) is -0.359. The van der Waals surface area contributed by atoms with Crippen molar-refractivity contribution in [3.63, 3.8) is 0 Å². The molecular weight excluding hydrogens is 240 g/mol. The standard InChI is InChI=1S/C11H20N2O5/c1-7-5-8(18-2)3-4-13(7)11(17)12-6-9(14)10(15)16/h7-9,14H,3-6H2,1-2H3,(H,12,17)(H,15,16). The molecule has 3 N–H and O–H groups in total. The van der Waals surface area contributed by atoms with E-state index in [1.165, 1.54) is 0 Å². The van der Waals surface area contributed by atoms with Crippen LogP contribution in [0.2, 0.25) is 0 Å². The molecule has 0 bridgehead atoms. The topological polar surface area (TPSA) is 99.1 Å². The smallest absolute Gasteiger partial charge is 0.334 e. The van der Waals surface area contributed by atoms with Crippen LogP contribution in [-0.2, 0) is 9.53 Å². The maximum absolute atomic E-state index is 11.8. The molecule has 0 aromatic heterocycles. The van der Waals surface area contributed by atoms with Crippen LogP contribution in [0.25, 0.3) is 0 Å². The number of urea groups is 1. The molecule has 3 atom stereocenters. The molecule has 0 aliphatic carbocycles. The van der Waals surface area contributed by atoms with Gasteiger partial charge in [0.2, 0.25) is 0 Å². The van der Waals surface area contributed by atoms with Crippen LogP contribution in [0.1, 0.15) is 19.8 Å². The van der Waals surface area contributed by atoms with Crippen LogP contribution >= 0.6 is 0 Å². The number of aliphatic carboxylic acids is 1. The minimum absolute atomic E-state index is 0.0330. The number of methoxy groups -OCH3 is 1. The Kier molecular flexibility index (Phi) is 5.36. The summed E-state index contributed by atoms with van der Waals surface area (Å²) >= 11 is 0. The average Bonchev–Trinajstić information content (AvgIpc) is 2.34. The Morgan fingerprint density at radius 2 is 2.22 bits per heavy atom. The molecule has 0 aromatic carbocycles. The molecule has 7 nitrogen and oxygen atoms in total. The Morgan fingerprint density at radius 3 is 2.72 bits per heavy atom. The normalized spacial score (nSPS) is 25.6. The molecule has 1 aliphatic heterocycles. The van der Waals surface area contributed by atoms with E-state index in [4.69, 9.17) is 14.9 Å². The zero-order valence-corrected chi connectivity index (χ0v) is 10.6. The van der Waals surface area contributed by atoms with Crippen molar-refractivity contribution < 1.29 is 24.5 Å². The van der Waals surface area contributed by atoms with E-state index in [2.05, 4.69) is 5.32 Å². The second-order valence-corrected chi connectivity index (χ2v) is 4.46. The minimum atomic E-state index is -1.57. The zero-order valence-electron chi connectivity index (χ0n) is 10.6. The number of carbonyl (C=O) groups is 2. The van der Waals surface area contributed by atoms with Crippen LogP contribution in [0, 0.1) is 0 Å². The van der Waals surface area contributed by atoms with Gasteiger partial charge in [0.05, 0.1) is 12.6 Å². The highest BCUT2D eigenvalue weighted by Crippen LogP contribution is 2.19. The van der Waals surface area contributed by atoms with Crippen molar-refractivity contribution in [1.82, 2.24) is 10.2 Å². The molecular formula is C11H20N2O5. The third-order valence-corrected chi connectivity index (χ3v) is 3.15. The maximum Gasteiger partial charge on any atom is 0.334 e. The fourth-order valence-corrected chi connectivity index (χ4v) is 2.02. The number of ether oxygens (including phenoxy) is 1. The molecule has 104 valence electrons. The molecule has 1 fully saturated rings. The van der Waals surface area contributed by atoms with Gasteiger partial charge in [-0.05, 0) is 19.8 Å². The van der Waals surface area contributed by atoms with Gasteiger partial charge in [0, 0.05) is 19.7 Å². The number of carboxylic acids is 1. The van der Waals surface area contributed by atoms with Crippen LogP contribution in [0.5, 0.6) is 0 Å². The Bertz CT molecular complexity index is 310. The Morgan fingerprint density at radius 1 is 1.56 bits per heavy atom. The van der Waals surface area contributed by atoms with Gasteiger partial charge in [-0.15, -0.1) is 0 Å². The van der Waals surface area contributed by atoms with Crippen molar-refractivity contribution in [3.8, 4) is 0 Å². The summed E-state index contributed by atoms with van der Waals surface area (Å²) in [5.74, 6) is -1.35. The van der Waals surface area contributed by atoms with Gasteiger partial charge in [-0.2, -0.15) is 0 Å². The van der Waals surface area contributed by atoms with Crippen molar-refractivity contribution in [2.45, 2.75) is 38.0 Å². The first-order chi connectivity index (χ1) is 8.45. The summed E-state index contributed by atoms with van der Waals surface area (Å²) in [5.41, 5.74) is 0. The number of nitrogens with zero attached hydrogens (tertiary/aromatic N) is 1. The highest BCUT2D eigenvalue weighted by Gasteiger charge is 2.29. The molecule has 3 unspecified atom stereocenters. The molecule has 18 heavy (non-hydrogen) atoms. The third-order valence-electron chi connectivity index (χ3n) is 3.15. The summed E-state index contributed by atoms with van der Waals surface area (Å²) in [7, 11) is 1.65. The van der Waals surface area contributed by atoms with Gasteiger partial charge in [-0.25, -0.2) is 9.59 Å². The summed E-state index contributed by atoms with van der Waals surface area (Å²) < 4.78 is 5.24. The first kappa shape index (κ1) is 14.7. The molecule has 1 heterocycles. The largest absolute Gasteiger partial charge is 0.479 e. The number of hydrogen-bond donors (Lipinski definition) is 3. The van der Waals surface area contributed by atoms with Crippen molar-refractivity contribution in [2.75, 3.05) is 20.2 Å². The monoisotopic (exact) mass is 260 g/mol. The Hall–Kier alpha value is -1.34. The number of amides is 2. The van der Waals surface area contributed by atoms with E-state index >= 15 is 0 Å². The van der Waals surface area contributed by atoms with Crippen molar-refractivity contribution in [2.24, 2.45) is 0 Å². The van der Waals surface area contributed by atoms with Crippen molar-refractivity contribution in [3.05, 3.63) is 0 Å². The van der Waals surface area contributed by atoms with Gasteiger partial charge in [-0.1, -0.05) is 0 Å². The third kappa shape index (κ3) is 3.85. The Labute approximate surface area is 106 Å². The fraction of sp³-hybridized carbons (Fsp3) is 0.818. The molecule has 7 heteroatoms. The van der Waals surface area contributed by atoms with E-state index in [1.807, 2.05) is 6.92 Å². The lowest BCUT2D eigenvalue weighted by molar-refractivity contribution is -0.146. The molecule has 0 saturated carbocycles. The number of aliphatic hydroxyl groups is 1. The van der Waals surface area contributed by atoms with Gasteiger partial charge < -0.3 is 25.2 Å². The van der Waals surface area contributed by atoms with Gasteiger partial charge in [0.1, 0.15) is 0 Å². The van der Waals surface area contributed by atoms with Gasteiger partial charge >= 0.3 is 12.0 Å². The number of piperidine rings is 1. The quantitative estimate of drug-likeness (QED) is 0.641. The highest BCUT2D eigenvalue weighted by atomic mass is 16.5. The first-order valence-corrected chi connectivity index (χ1v) is 5.93. The number of hydrogen-bond acceptors (Lipinski definition) is 4. The zero-order chi connectivity index (χ0) is 13.7. The van der Waals surface area contributed by atoms with Gasteiger partial charge in [-0.3, -0.25) is 0 Å². The number of rotatable bonds is 4. The maximum atomic E-state index is 11.8. The highest BCUT2D eigenvalue weighted by molar-refractivity contribution is 5.77. The summed E-state index contributed by atoms with van der Waals surface area (Å²) in [6.45, 7) is 2.19. The minimum Gasteiger partial charge on any atom is -0.479 e. The lowest BCUT2D eigenvalue weighted by Crippen LogP contribution is -2.52. The van der Waals surface area contributed by atoms with Gasteiger partial charge in [0.25, 0.3) is 0 Å². The molecule has 1 rings (SSSR count). The predicted molar refractivity (Wildman–Crippen MR) is 63.2 cm³/mol. The molecule has 2 amide bonds. The molecule has 0 radical (unpaired) electrons. The average molecular weight is 260 g/mol.